The fourth-order valence-electron chi connectivity index (χ4n) is 2.23. The summed E-state index contributed by atoms with van der Waals surface area (Å²) < 4.78 is 70.1. The van der Waals surface area contributed by atoms with E-state index in [0.29, 0.717) is 10.4 Å². The highest BCUT2D eigenvalue weighted by molar-refractivity contribution is 7.92. The zero-order valence-electron chi connectivity index (χ0n) is 13.2. The fourth-order valence-corrected chi connectivity index (χ4v) is 3.66. The first kappa shape index (κ1) is 18.8. The molecule has 0 atom stereocenters. The van der Waals surface area contributed by atoms with Crippen LogP contribution in [0.3, 0.4) is 0 Å². The van der Waals surface area contributed by atoms with E-state index in [1.807, 2.05) is 0 Å². The van der Waals surface area contributed by atoms with Gasteiger partial charge in [-0.3, -0.25) is 4.31 Å². The third-order valence-corrected chi connectivity index (χ3v) is 5.31. The second-order valence-corrected chi connectivity index (χ2v) is 6.91. The maximum Gasteiger partial charge on any atom is 0.417 e. The molecule has 0 spiro atoms. The Balaban J connectivity index is 2.62. The number of anilines is 1. The molecule has 0 amide bonds. The van der Waals surface area contributed by atoms with Crippen LogP contribution in [0, 0.1) is 0 Å². The molecule has 2 aromatic carbocycles. The number of sulfonamides is 1. The van der Waals surface area contributed by atoms with Crippen molar-refractivity contribution in [3.8, 4) is 0 Å². The van der Waals surface area contributed by atoms with Gasteiger partial charge in [0.1, 0.15) is 0 Å². The van der Waals surface area contributed by atoms with Crippen LogP contribution in [0.5, 0.6) is 0 Å². The number of nitrogens with zero attached hydrogens (tertiary/aromatic N) is 1. The van der Waals surface area contributed by atoms with Gasteiger partial charge >= 0.3 is 12.1 Å². The Labute approximate surface area is 142 Å². The van der Waals surface area contributed by atoms with Gasteiger partial charge in [-0.15, -0.1) is 0 Å². The molecule has 0 unspecified atom stereocenters. The van der Waals surface area contributed by atoms with Crippen molar-refractivity contribution >= 4 is 21.7 Å². The number of carbonyl (C=O) groups excluding carboxylic acids is 1. The number of benzene rings is 2. The molecule has 0 aliphatic heterocycles. The van der Waals surface area contributed by atoms with Crippen molar-refractivity contribution < 1.29 is 31.1 Å². The van der Waals surface area contributed by atoms with E-state index in [4.69, 9.17) is 0 Å². The Kier molecular flexibility index (Phi) is 5.07. The molecule has 9 heteroatoms. The van der Waals surface area contributed by atoms with Crippen molar-refractivity contribution in [3.05, 3.63) is 59.7 Å². The maximum absolute atomic E-state index is 13.1. The highest BCUT2D eigenvalue weighted by atomic mass is 32.2. The molecule has 0 aliphatic rings. The molecule has 0 saturated carbocycles. The molecular formula is C16H14F3NO4S. The van der Waals surface area contributed by atoms with Gasteiger partial charge in [-0.05, 0) is 24.3 Å². The van der Waals surface area contributed by atoms with E-state index >= 15 is 0 Å². The molecule has 2 aromatic rings. The molecule has 0 aromatic heterocycles. The van der Waals surface area contributed by atoms with E-state index in [0.717, 1.165) is 26.3 Å². The summed E-state index contributed by atoms with van der Waals surface area (Å²) in [5.74, 6) is -0.804. The van der Waals surface area contributed by atoms with Crippen molar-refractivity contribution in [3.63, 3.8) is 0 Å². The second kappa shape index (κ2) is 6.75. The summed E-state index contributed by atoms with van der Waals surface area (Å²) >= 11 is 0. The quantitative estimate of drug-likeness (QED) is 0.772. The van der Waals surface area contributed by atoms with Crippen LogP contribution in [-0.4, -0.2) is 28.5 Å². The lowest BCUT2D eigenvalue weighted by Crippen LogP contribution is -2.30. The Morgan fingerprint density at radius 2 is 1.60 bits per heavy atom. The number of rotatable bonds is 4. The highest BCUT2D eigenvalue weighted by Gasteiger charge is 2.38. The van der Waals surface area contributed by atoms with Crippen LogP contribution in [0.15, 0.2) is 53.4 Å². The predicted octanol–water partition coefficient (Wildman–Crippen LogP) is 3.32. The Morgan fingerprint density at radius 1 is 1.04 bits per heavy atom. The zero-order valence-corrected chi connectivity index (χ0v) is 14.1. The Morgan fingerprint density at radius 3 is 2.20 bits per heavy atom. The van der Waals surface area contributed by atoms with Crippen LogP contribution in [0.2, 0.25) is 0 Å². The molecule has 0 fully saturated rings. The molecule has 0 heterocycles. The normalized spacial score (nSPS) is 11.9. The number of alkyl halides is 3. The van der Waals surface area contributed by atoms with Crippen LogP contribution < -0.4 is 4.31 Å². The van der Waals surface area contributed by atoms with Crippen molar-refractivity contribution in [1.82, 2.24) is 0 Å². The first-order chi connectivity index (χ1) is 11.6. The van der Waals surface area contributed by atoms with E-state index in [1.54, 1.807) is 0 Å². The van der Waals surface area contributed by atoms with Crippen LogP contribution in [-0.2, 0) is 20.9 Å². The standard InChI is InChI=1S/C16H14F3NO4S/c1-20(13-9-5-3-7-11(13)15(21)24-2)25(22,23)14-10-6-4-8-12(14)16(17,18)19/h3-10H,1-2H3. The number of halogens is 3. The molecule has 134 valence electrons. The molecule has 0 N–H and O–H groups in total. The number of hydrogen-bond donors (Lipinski definition) is 0. The van der Waals surface area contributed by atoms with Crippen molar-refractivity contribution in [1.29, 1.82) is 0 Å². The summed E-state index contributed by atoms with van der Waals surface area (Å²) in [6, 6.07) is 9.43. The number of esters is 1. The van der Waals surface area contributed by atoms with Gasteiger partial charge in [0.25, 0.3) is 10.0 Å². The summed E-state index contributed by atoms with van der Waals surface area (Å²) in [4.78, 5) is 10.9. The van der Waals surface area contributed by atoms with Gasteiger partial charge in [0, 0.05) is 7.05 Å². The number of para-hydroxylation sites is 1. The summed E-state index contributed by atoms with van der Waals surface area (Å²) in [7, 11) is -2.37. The third-order valence-electron chi connectivity index (χ3n) is 3.48. The fraction of sp³-hybridized carbons (Fsp3) is 0.188. The minimum absolute atomic E-state index is 0.0828. The maximum atomic E-state index is 13.1. The number of methoxy groups -OCH3 is 1. The third kappa shape index (κ3) is 3.60. The molecule has 0 bridgehead atoms. The van der Waals surface area contributed by atoms with Crippen molar-refractivity contribution in [2.45, 2.75) is 11.1 Å². The van der Waals surface area contributed by atoms with Gasteiger partial charge in [-0.2, -0.15) is 13.2 Å². The van der Waals surface area contributed by atoms with E-state index in [-0.39, 0.29) is 11.3 Å². The van der Waals surface area contributed by atoms with Gasteiger partial charge in [0.15, 0.2) is 0 Å². The molecule has 2 rings (SSSR count). The molecule has 25 heavy (non-hydrogen) atoms. The molecular weight excluding hydrogens is 359 g/mol. The van der Waals surface area contributed by atoms with Crippen LogP contribution in [0.1, 0.15) is 15.9 Å². The summed E-state index contributed by atoms with van der Waals surface area (Å²) in [5.41, 5.74) is -1.45. The lowest BCUT2D eigenvalue weighted by Gasteiger charge is -2.23. The first-order valence-electron chi connectivity index (χ1n) is 6.93. The van der Waals surface area contributed by atoms with E-state index in [9.17, 15) is 26.4 Å². The van der Waals surface area contributed by atoms with Gasteiger partial charge in [-0.1, -0.05) is 24.3 Å². The number of hydrogen-bond acceptors (Lipinski definition) is 4. The highest BCUT2D eigenvalue weighted by Crippen LogP contribution is 2.36. The average Bonchev–Trinajstić information content (AvgIpc) is 2.59. The van der Waals surface area contributed by atoms with Gasteiger partial charge in [-0.25, -0.2) is 13.2 Å². The molecule has 0 radical (unpaired) electrons. The monoisotopic (exact) mass is 373 g/mol. The smallest absolute Gasteiger partial charge is 0.417 e. The summed E-state index contributed by atoms with van der Waals surface area (Å²) in [6.07, 6.45) is -4.84. The minimum Gasteiger partial charge on any atom is -0.465 e. The molecule has 0 saturated heterocycles. The zero-order chi connectivity index (χ0) is 18.8. The SMILES string of the molecule is COC(=O)c1ccccc1N(C)S(=O)(=O)c1ccccc1C(F)(F)F. The predicted molar refractivity (Wildman–Crippen MR) is 84.8 cm³/mol. The lowest BCUT2D eigenvalue weighted by molar-refractivity contribution is -0.139. The number of ether oxygens (including phenoxy) is 1. The average molecular weight is 373 g/mol. The van der Waals surface area contributed by atoms with E-state index in [1.165, 1.54) is 30.3 Å². The summed E-state index contributed by atoms with van der Waals surface area (Å²) in [5, 5.41) is 0. The van der Waals surface area contributed by atoms with Crippen molar-refractivity contribution in [2.24, 2.45) is 0 Å². The van der Waals surface area contributed by atoms with Crippen LogP contribution >= 0.6 is 0 Å². The first-order valence-corrected chi connectivity index (χ1v) is 8.37. The largest absolute Gasteiger partial charge is 0.465 e. The Hall–Kier alpha value is -2.55. The molecule has 0 aliphatic carbocycles. The van der Waals surface area contributed by atoms with Gasteiger partial charge in [0.05, 0.1) is 28.8 Å². The van der Waals surface area contributed by atoms with Crippen LogP contribution in [0.25, 0.3) is 0 Å². The molecule has 5 nitrogen and oxygen atoms in total. The van der Waals surface area contributed by atoms with Gasteiger partial charge < -0.3 is 4.74 Å². The minimum atomic E-state index is -4.84. The Bertz CT molecular complexity index is 894. The number of carbonyl (C=O) groups is 1. The van der Waals surface area contributed by atoms with Crippen LogP contribution in [0.4, 0.5) is 18.9 Å². The lowest BCUT2D eigenvalue weighted by atomic mass is 10.2. The van der Waals surface area contributed by atoms with E-state index < -0.39 is 32.6 Å². The van der Waals surface area contributed by atoms with E-state index in [2.05, 4.69) is 4.74 Å². The topological polar surface area (TPSA) is 63.7 Å². The summed E-state index contributed by atoms with van der Waals surface area (Å²) in [6.45, 7) is 0. The second-order valence-electron chi connectivity index (χ2n) is 4.98. The van der Waals surface area contributed by atoms with Crippen molar-refractivity contribution in [2.75, 3.05) is 18.5 Å². The van der Waals surface area contributed by atoms with Gasteiger partial charge in [0.2, 0.25) is 0 Å².